The number of nitrogens with one attached hydrogen (secondary N) is 2. The molecule has 1 aliphatic heterocycles. The van der Waals surface area contributed by atoms with Gasteiger partial charge in [-0.25, -0.2) is 4.39 Å². The fraction of sp³-hybridized carbons (Fsp3) is 0.462. The molecule has 0 saturated carbocycles. The van der Waals surface area contributed by atoms with Gasteiger partial charge in [-0.05, 0) is 43.7 Å². The third-order valence-corrected chi connectivity index (χ3v) is 3.03. The van der Waals surface area contributed by atoms with Gasteiger partial charge < -0.3 is 10.6 Å². The third kappa shape index (κ3) is 3.53. The van der Waals surface area contributed by atoms with Crippen LogP contribution in [0.1, 0.15) is 29.6 Å². The Kier molecular flexibility index (Phi) is 4.09. The van der Waals surface area contributed by atoms with Crippen molar-refractivity contribution in [2.45, 2.75) is 25.3 Å². The molecule has 0 unspecified atom stereocenters. The van der Waals surface area contributed by atoms with Crippen LogP contribution in [0.25, 0.3) is 0 Å². The molecule has 0 radical (unpaired) electrons. The lowest BCUT2D eigenvalue weighted by Crippen LogP contribution is -2.43. The van der Waals surface area contributed by atoms with Gasteiger partial charge in [0.1, 0.15) is 5.82 Å². The fourth-order valence-corrected chi connectivity index (χ4v) is 2.02. The van der Waals surface area contributed by atoms with Crippen molar-refractivity contribution in [2.75, 3.05) is 13.1 Å². The summed E-state index contributed by atoms with van der Waals surface area (Å²) in [6.45, 7) is 1.66. The summed E-state index contributed by atoms with van der Waals surface area (Å²) in [6, 6.07) is 5.97. The van der Waals surface area contributed by atoms with E-state index in [1.807, 2.05) is 0 Å². The number of benzene rings is 1. The molecule has 0 bridgehead atoms. The van der Waals surface area contributed by atoms with E-state index in [4.69, 9.17) is 0 Å². The Morgan fingerprint density at radius 1 is 1.35 bits per heavy atom. The predicted molar refractivity (Wildman–Crippen MR) is 64.4 cm³/mol. The van der Waals surface area contributed by atoms with E-state index in [2.05, 4.69) is 10.6 Å². The number of hydrogen-bond acceptors (Lipinski definition) is 2. The van der Waals surface area contributed by atoms with E-state index in [0.29, 0.717) is 18.2 Å². The SMILES string of the molecule is O=C(NC[C@H]1CCCCN1)c1ccc(F)cc1. The summed E-state index contributed by atoms with van der Waals surface area (Å²) in [6.07, 6.45) is 3.52. The van der Waals surface area contributed by atoms with Crippen molar-refractivity contribution in [3.8, 4) is 0 Å². The van der Waals surface area contributed by atoms with Gasteiger partial charge >= 0.3 is 0 Å². The van der Waals surface area contributed by atoms with Crippen LogP contribution in [0, 0.1) is 5.82 Å². The summed E-state index contributed by atoms with van der Waals surface area (Å²) >= 11 is 0. The van der Waals surface area contributed by atoms with Crippen LogP contribution >= 0.6 is 0 Å². The van der Waals surface area contributed by atoms with E-state index in [9.17, 15) is 9.18 Å². The van der Waals surface area contributed by atoms with E-state index in [1.54, 1.807) is 0 Å². The Bertz CT molecular complexity index is 372. The molecule has 1 aromatic rings. The van der Waals surface area contributed by atoms with Crippen LogP contribution in [-0.2, 0) is 0 Å². The van der Waals surface area contributed by atoms with Gasteiger partial charge in [-0.2, -0.15) is 0 Å². The molecular formula is C13H17FN2O. The van der Waals surface area contributed by atoms with Crippen LogP contribution in [-0.4, -0.2) is 25.0 Å². The zero-order chi connectivity index (χ0) is 12.1. The minimum atomic E-state index is -0.324. The third-order valence-electron chi connectivity index (χ3n) is 3.03. The summed E-state index contributed by atoms with van der Waals surface area (Å²) in [5, 5.41) is 6.22. The number of rotatable bonds is 3. The van der Waals surface area contributed by atoms with Crippen molar-refractivity contribution in [2.24, 2.45) is 0 Å². The maximum atomic E-state index is 12.7. The zero-order valence-corrected chi connectivity index (χ0v) is 9.71. The Hall–Kier alpha value is -1.42. The molecule has 1 amide bonds. The summed E-state index contributed by atoms with van der Waals surface area (Å²) < 4.78 is 12.7. The first-order chi connectivity index (χ1) is 8.25. The number of amides is 1. The molecular weight excluding hydrogens is 219 g/mol. The Morgan fingerprint density at radius 3 is 2.76 bits per heavy atom. The van der Waals surface area contributed by atoms with Gasteiger partial charge in [-0.3, -0.25) is 4.79 Å². The van der Waals surface area contributed by atoms with Gasteiger partial charge in [-0.1, -0.05) is 6.42 Å². The van der Waals surface area contributed by atoms with E-state index in [-0.39, 0.29) is 11.7 Å². The molecule has 1 aromatic carbocycles. The van der Waals surface area contributed by atoms with Crippen molar-refractivity contribution in [1.82, 2.24) is 10.6 Å². The second-order valence-electron chi connectivity index (χ2n) is 4.36. The first-order valence-corrected chi connectivity index (χ1v) is 6.03. The fourth-order valence-electron chi connectivity index (χ4n) is 2.02. The van der Waals surface area contributed by atoms with Gasteiger partial charge in [0.05, 0.1) is 0 Å². The lowest BCUT2D eigenvalue weighted by molar-refractivity contribution is 0.0947. The molecule has 92 valence electrons. The van der Waals surface area contributed by atoms with Crippen LogP contribution in [0.2, 0.25) is 0 Å². The molecule has 1 aliphatic rings. The van der Waals surface area contributed by atoms with Crippen molar-refractivity contribution in [1.29, 1.82) is 0 Å². The first-order valence-electron chi connectivity index (χ1n) is 6.03. The van der Waals surface area contributed by atoms with Gasteiger partial charge in [0.2, 0.25) is 0 Å². The maximum absolute atomic E-state index is 12.7. The highest BCUT2D eigenvalue weighted by Crippen LogP contribution is 2.06. The van der Waals surface area contributed by atoms with Crippen molar-refractivity contribution >= 4 is 5.91 Å². The largest absolute Gasteiger partial charge is 0.350 e. The average Bonchev–Trinajstić information content (AvgIpc) is 2.38. The van der Waals surface area contributed by atoms with Crippen LogP contribution in [0.5, 0.6) is 0 Å². The highest BCUT2D eigenvalue weighted by molar-refractivity contribution is 5.94. The lowest BCUT2D eigenvalue weighted by Gasteiger charge is -2.23. The molecule has 1 heterocycles. The van der Waals surface area contributed by atoms with Crippen molar-refractivity contribution in [3.05, 3.63) is 35.6 Å². The number of carbonyl (C=O) groups excluding carboxylic acids is 1. The summed E-state index contributed by atoms with van der Waals surface area (Å²) in [7, 11) is 0. The van der Waals surface area contributed by atoms with Crippen molar-refractivity contribution < 1.29 is 9.18 Å². The minimum absolute atomic E-state index is 0.141. The lowest BCUT2D eigenvalue weighted by atomic mass is 10.1. The van der Waals surface area contributed by atoms with Crippen LogP contribution in [0.15, 0.2) is 24.3 Å². The molecule has 2 N–H and O–H groups in total. The van der Waals surface area contributed by atoms with Crippen LogP contribution < -0.4 is 10.6 Å². The number of halogens is 1. The number of piperidine rings is 1. The molecule has 1 saturated heterocycles. The first kappa shape index (κ1) is 12.0. The Morgan fingerprint density at radius 2 is 2.12 bits per heavy atom. The second-order valence-corrected chi connectivity index (χ2v) is 4.36. The minimum Gasteiger partial charge on any atom is -0.350 e. The molecule has 3 nitrogen and oxygen atoms in total. The number of carbonyl (C=O) groups is 1. The molecule has 17 heavy (non-hydrogen) atoms. The van der Waals surface area contributed by atoms with E-state index >= 15 is 0 Å². The molecule has 1 fully saturated rings. The smallest absolute Gasteiger partial charge is 0.251 e. The molecule has 4 heteroatoms. The Balaban J connectivity index is 1.82. The number of hydrogen-bond donors (Lipinski definition) is 2. The maximum Gasteiger partial charge on any atom is 0.251 e. The predicted octanol–water partition coefficient (Wildman–Crippen LogP) is 1.70. The Labute approximate surface area is 100 Å². The van der Waals surface area contributed by atoms with E-state index in [1.165, 1.54) is 37.1 Å². The summed E-state index contributed by atoms with van der Waals surface area (Å²) in [4.78, 5) is 11.7. The average molecular weight is 236 g/mol. The summed E-state index contributed by atoms with van der Waals surface area (Å²) in [5.41, 5.74) is 0.502. The van der Waals surface area contributed by atoms with Crippen LogP contribution in [0.3, 0.4) is 0 Å². The zero-order valence-electron chi connectivity index (χ0n) is 9.71. The molecule has 0 spiro atoms. The van der Waals surface area contributed by atoms with E-state index in [0.717, 1.165) is 13.0 Å². The second kappa shape index (κ2) is 5.77. The molecule has 2 rings (SSSR count). The van der Waals surface area contributed by atoms with Gasteiger partial charge in [-0.15, -0.1) is 0 Å². The van der Waals surface area contributed by atoms with Gasteiger partial charge in [0.15, 0.2) is 0 Å². The monoisotopic (exact) mass is 236 g/mol. The molecule has 0 aromatic heterocycles. The standard InChI is InChI=1S/C13H17FN2O/c14-11-6-4-10(5-7-11)13(17)16-9-12-3-1-2-8-15-12/h4-7,12,15H,1-3,8-9H2,(H,16,17)/t12-/m1/s1. The van der Waals surface area contributed by atoms with Gasteiger partial charge in [0.25, 0.3) is 5.91 Å². The van der Waals surface area contributed by atoms with Gasteiger partial charge in [0, 0.05) is 18.2 Å². The highest BCUT2D eigenvalue weighted by atomic mass is 19.1. The topological polar surface area (TPSA) is 41.1 Å². The van der Waals surface area contributed by atoms with E-state index < -0.39 is 0 Å². The summed E-state index contributed by atoms with van der Waals surface area (Å²) in [5.74, 6) is -0.465. The molecule has 0 aliphatic carbocycles. The van der Waals surface area contributed by atoms with Crippen molar-refractivity contribution in [3.63, 3.8) is 0 Å². The quantitative estimate of drug-likeness (QED) is 0.838. The highest BCUT2D eigenvalue weighted by Gasteiger charge is 2.13. The molecule has 1 atom stereocenters. The van der Waals surface area contributed by atoms with Crippen LogP contribution in [0.4, 0.5) is 4.39 Å². The normalized spacial score (nSPS) is 19.9.